The lowest BCUT2D eigenvalue weighted by molar-refractivity contribution is 1.23. The van der Waals surface area contributed by atoms with Crippen molar-refractivity contribution in [2.24, 2.45) is 0 Å². The Bertz CT molecular complexity index is 261. The highest BCUT2D eigenvalue weighted by Gasteiger charge is 2.06. The quantitative estimate of drug-likeness (QED) is 0.528. The molecule has 0 aliphatic rings. The highest BCUT2D eigenvalue weighted by Crippen LogP contribution is 2.28. The molecular formula is C6H3Cl4N. The van der Waals surface area contributed by atoms with Gasteiger partial charge in [0.2, 0.25) is 0 Å². The Morgan fingerprint density at radius 2 is 1.91 bits per heavy atom. The molecule has 11 heavy (non-hydrogen) atoms. The number of alkyl halides is 2. The number of aromatic nitrogens is 1. The highest BCUT2D eigenvalue weighted by molar-refractivity contribution is 6.44. The molecule has 0 bridgehead atoms. The van der Waals surface area contributed by atoms with Crippen molar-refractivity contribution in [2.45, 2.75) is 4.84 Å². The molecule has 0 radical (unpaired) electrons. The summed E-state index contributed by atoms with van der Waals surface area (Å²) in [5.41, 5.74) is 0.641. The Balaban J connectivity index is 3.05. The minimum absolute atomic E-state index is 0.254. The molecule has 0 saturated heterocycles. The van der Waals surface area contributed by atoms with Crippen molar-refractivity contribution in [3.05, 3.63) is 28.0 Å². The first-order valence-corrected chi connectivity index (χ1v) is 4.33. The van der Waals surface area contributed by atoms with Gasteiger partial charge in [-0.2, -0.15) is 0 Å². The van der Waals surface area contributed by atoms with Crippen LogP contribution in [0.15, 0.2) is 12.3 Å². The van der Waals surface area contributed by atoms with E-state index in [-0.39, 0.29) is 5.15 Å². The lowest BCUT2D eigenvalue weighted by atomic mass is 10.3. The van der Waals surface area contributed by atoms with Gasteiger partial charge in [-0.15, -0.1) is 23.2 Å². The van der Waals surface area contributed by atoms with E-state index >= 15 is 0 Å². The second-order valence-corrected chi connectivity index (χ2v) is 3.70. The van der Waals surface area contributed by atoms with E-state index in [1.807, 2.05) is 0 Å². The summed E-state index contributed by atoms with van der Waals surface area (Å²) in [7, 11) is 0. The third-order valence-corrected chi connectivity index (χ3v) is 2.26. The molecule has 1 nitrogen and oxygen atoms in total. The van der Waals surface area contributed by atoms with Crippen LogP contribution in [0.4, 0.5) is 0 Å². The summed E-state index contributed by atoms with van der Waals surface area (Å²) in [5.74, 6) is 0. The summed E-state index contributed by atoms with van der Waals surface area (Å²) >= 11 is 22.3. The van der Waals surface area contributed by atoms with Crippen LogP contribution in [0.2, 0.25) is 10.2 Å². The number of hydrogen-bond acceptors (Lipinski definition) is 1. The van der Waals surface area contributed by atoms with E-state index in [0.717, 1.165) is 0 Å². The number of pyridine rings is 1. The van der Waals surface area contributed by atoms with Gasteiger partial charge in [0.15, 0.2) is 0 Å². The Morgan fingerprint density at radius 1 is 1.27 bits per heavy atom. The molecule has 0 spiro atoms. The number of halogens is 4. The van der Waals surface area contributed by atoms with E-state index in [4.69, 9.17) is 46.4 Å². The average Bonchev–Trinajstić information content (AvgIpc) is 1.94. The standard InChI is InChI=1S/C6H3Cl4N/c7-4-1-3(5(8)9)2-11-6(4)10/h1-2,5H. The van der Waals surface area contributed by atoms with E-state index < -0.39 is 4.84 Å². The lowest BCUT2D eigenvalue weighted by Gasteiger charge is -2.01. The van der Waals surface area contributed by atoms with Gasteiger partial charge >= 0.3 is 0 Å². The largest absolute Gasteiger partial charge is 0.243 e. The van der Waals surface area contributed by atoms with Crippen molar-refractivity contribution in [1.29, 1.82) is 0 Å². The van der Waals surface area contributed by atoms with Crippen molar-refractivity contribution in [3.8, 4) is 0 Å². The zero-order valence-electron chi connectivity index (χ0n) is 5.19. The van der Waals surface area contributed by atoms with Crippen LogP contribution in [-0.2, 0) is 0 Å². The molecule has 0 N–H and O–H groups in total. The van der Waals surface area contributed by atoms with Crippen LogP contribution in [0.3, 0.4) is 0 Å². The van der Waals surface area contributed by atoms with Crippen LogP contribution in [0, 0.1) is 0 Å². The van der Waals surface area contributed by atoms with Crippen LogP contribution in [0.25, 0.3) is 0 Å². The van der Waals surface area contributed by atoms with Gasteiger partial charge in [0.25, 0.3) is 0 Å². The van der Waals surface area contributed by atoms with Crippen molar-refractivity contribution >= 4 is 46.4 Å². The van der Waals surface area contributed by atoms with E-state index in [0.29, 0.717) is 10.6 Å². The smallest absolute Gasteiger partial charge is 0.147 e. The Kier molecular flexibility index (Phi) is 3.26. The Labute approximate surface area is 84.2 Å². The van der Waals surface area contributed by atoms with Gasteiger partial charge in [-0.25, -0.2) is 4.98 Å². The molecule has 1 aromatic rings. The Hall–Kier alpha value is 0.310. The molecule has 5 heteroatoms. The third kappa shape index (κ3) is 2.38. The average molecular weight is 231 g/mol. The molecule has 0 aromatic carbocycles. The maximum absolute atomic E-state index is 5.65. The Morgan fingerprint density at radius 3 is 2.36 bits per heavy atom. The predicted octanol–water partition coefficient (Wildman–Crippen LogP) is 3.86. The van der Waals surface area contributed by atoms with Crippen molar-refractivity contribution in [3.63, 3.8) is 0 Å². The summed E-state index contributed by atoms with van der Waals surface area (Å²) in [5, 5.41) is 0.611. The van der Waals surface area contributed by atoms with Gasteiger partial charge in [0, 0.05) is 11.8 Å². The highest BCUT2D eigenvalue weighted by atomic mass is 35.5. The molecule has 0 unspecified atom stereocenters. The molecule has 0 aliphatic carbocycles. The first-order chi connectivity index (χ1) is 5.11. The van der Waals surface area contributed by atoms with Gasteiger partial charge in [-0.05, 0) is 6.07 Å². The molecule has 60 valence electrons. The van der Waals surface area contributed by atoms with Gasteiger partial charge in [-0.1, -0.05) is 23.2 Å². The fourth-order valence-electron chi connectivity index (χ4n) is 0.555. The van der Waals surface area contributed by atoms with Gasteiger partial charge in [0.05, 0.1) is 5.02 Å². The van der Waals surface area contributed by atoms with Crippen molar-refractivity contribution in [1.82, 2.24) is 4.98 Å². The van der Waals surface area contributed by atoms with E-state index in [1.54, 1.807) is 6.07 Å². The fourth-order valence-corrected chi connectivity index (χ4v) is 1.07. The van der Waals surface area contributed by atoms with E-state index in [1.165, 1.54) is 6.20 Å². The topological polar surface area (TPSA) is 12.9 Å². The van der Waals surface area contributed by atoms with Crippen molar-refractivity contribution in [2.75, 3.05) is 0 Å². The van der Waals surface area contributed by atoms with Crippen LogP contribution in [0.5, 0.6) is 0 Å². The zero-order valence-corrected chi connectivity index (χ0v) is 8.21. The molecule has 1 aromatic heterocycles. The molecule has 1 heterocycles. The van der Waals surface area contributed by atoms with Crippen LogP contribution in [0.1, 0.15) is 10.4 Å². The van der Waals surface area contributed by atoms with Gasteiger partial charge in [0.1, 0.15) is 9.99 Å². The van der Waals surface area contributed by atoms with Gasteiger partial charge in [-0.3, -0.25) is 0 Å². The summed E-state index contributed by atoms with van der Waals surface area (Å²) in [4.78, 5) is 3.15. The normalized spacial score (nSPS) is 10.6. The molecule has 0 fully saturated rings. The number of rotatable bonds is 1. The third-order valence-electron chi connectivity index (χ3n) is 1.07. The molecular weight excluding hydrogens is 228 g/mol. The fraction of sp³-hybridized carbons (Fsp3) is 0.167. The second kappa shape index (κ2) is 3.81. The zero-order chi connectivity index (χ0) is 8.43. The molecule has 0 amide bonds. The molecule has 0 saturated carbocycles. The second-order valence-electron chi connectivity index (χ2n) is 1.84. The summed E-state index contributed by atoms with van der Waals surface area (Å²) < 4.78 is 0. The lowest BCUT2D eigenvalue weighted by Crippen LogP contribution is -1.84. The molecule has 0 atom stereocenters. The predicted molar refractivity (Wildman–Crippen MR) is 48.7 cm³/mol. The maximum Gasteiger partial charge on any atom is 0.147 e. The summed E-state index contributed by atoms with van der Waals surface area (Å²) in [6.45, 7) is 0. The van der Waals surface area contributed by atoms with Gasteiger partial charge < -0.3 is 0 Å². The van der Waals surface area contributed by atoms with Crippen LogP contribution >= 0.6 is 46.4 Å². The van der Waals surface area contributed by atoms with E-state index in [9.17, 15) is 0 Å². The summed E-state index contributed by atoms with van der Waals surface area (Å²) in [6.07, 6.45) is 1.48. The summed E-state index contributed by atoms with van der Waals surface area (Å²) in [6, 6.07) is 1.58. The molecule has 0 aliphatic heterocycles. The SMILES string of the molecule is Clc1cc(C(Cl)Cl)cnc1Cl. The maximum atomic E-state index is 5.65. The van der Waals surface area contributed by atoms with Crippen LogP contribution < -0.4 is 0 Å². The first-order valence-electron chi connectivity index (χ1n) is 2.70. The molecule has 1 rings (SSSR count). The number of hydrogen-bond donors (Lipinski definition) is 0. The first kappa shape index (κ1) is 9.40. The van der Waals surface area contributed by atoms with Crippen molar-refractivity contribution < 1.29 is 0 Å². The van der Waals surface area contributed by atoms with Crippen LogP contribution in [-0.4, -0.2) is 4.98 Å². The number of nitrogens with zero attached hydrogens (tertiary/aromatic N) is 1. The van der Waals surface area contributed by atoms with E-state index in [2.05, 4.69) is 4.98 Å². The monoisotopic (exact) mass is 229 g/mol. The minimum atomic E-state index is -0.614. The minimum Gasteiger partial charge on any atom is -0.243 e.